The fourth-order valence-corrected chi connectivity index (χ4v) is 3.87. The lowest BCUT2D eigenvalue weighted by Crippen LogP contribution is -2.27. The smallest absolute Gasteiger partial charge is 0.293 e. The third-order valence-electron chi connectivity index (χ3n) is 4.30. The highest BCUT2D eigenvalue weighted by molar-refractivity contribution is 8.18. The molecule has 4 rings (SSSR count). The first-order valence-electron chi connectivity index (χ1n) is 8.45. The van der Waals surface area contributed by atoms with Gasteiger partial charge in [0.05, 0.1) is 17.1 Å². The van der Waals surface area contributed by atoms with Crippen LogP contribution in [0.1, 0.15) is 11.3 Å². The molecule has 1 fully saturated rings. The summed E-state index contributed by atoms with van der Waals surface area (Å²) < 4.78 is 15.8. The SMILES string of the molecule is O=C1S/C(=C/c2cccn2-c2ccccc2F)C(=O)N1Cc1ccc(Cl)cc1. The van der Waals surface area contributed by atoms with Crippen molar-refractivity contribution in [2.75, 3.05) is 0 Å². The predicted molar refractivity (Wildman–Crippen MR) is 109 cm³/mol. The number of carbonyl (C=O) groups is 2. The summed E-state index contributed by atoms with van der Waals surface area (Å²) in [5, 5.41) is 0.252. The van der Waals surface area contributed by atoms with Crippen molar-refractivity contribution < 1.29 is 14.0 Å². The van der Waals surface area contributed by atoms with Crippen molar-refractivity contribution in [2.24, 2.45) is 0 Å². The number of amides is 2. The van der Waals surface area contributed by atoms with E-state index in [0.717, 1.165) is 17.3 Å². The molecule has 0 spiro atoms. The molecule has 0 bridgehead atoms. The maximum absolute atomic E-state index is 14.1. The average Bonchev–Trinajstić information content (AvgIpc) is 3.24. The molecule has 0 saturated carbocycles. The highest BCUT2D eigenvalue weighted by atomic mass is 35.5. The minimum atomic E-state index is -0.371. The molecule has 3 aromatic rings. The number of carbonyl (C=O) groups excluding carboxylic acids is 2. The summed E-state index contributed by atoms with van der Waals surface area (Å²) in [6.07, 6.45) is 3.32. The molecule has 28 heavy (non-hydrogen) atoms. The molecule has 0 atom stereocenters. The lowest BCUT2D eigenvalue weighted by Gasteiger charge is -2.12. The van der Waals surface area contributed by atoms with Crippen LogP contribution in [0, 0.1) is 5.82 Å². The zero-order valence-corrected chi connectivity index (χ0v) is 16.1. The number of hydrogen-bond donors (Lipinski definition) is 0. The molecule has 1 aliphatic heterocycles. The van der Waals surface area contributed by atoms with Crippen molar-refractivity contribution in [3.63, 3.8) is 0 Å². The van der Waals surface area contributed by atoms with Crippen molar-refractivity contribution in [1.82, 2.24) is 9.47 Å². The highest BCUT2D eigenvalue weighted by Crippen LogP contribution is 2.34. The van der Waals surface area contributed by atoms with E-state index < -0.39 is 0 Å². The van der Waals surface area contributed by atoms with Gasteiger partial charge in [0.25, 0.3) is 11.1 Å². The topological polar surface area (TPSA) is 42.3 Å². The molecule has 1 aromatic heterocycles. The van der Waals surface area contributed by atoms with Gasteiger partial charge in [0, 0.05) is 16.9 Å². The van der Waals surface area contributed by atoms with Crippen molar-refractivity contribution in [1.29, 1.82) is 0 Å². The Morgan fingerprint density at radius 3 is 2.50 bits per heavy atom. The van der Waals surface area contributed by atoms with Gasteiger partial charge in [-0.1, -0.05) is 35.9 Å². The van der Waals surface area contributed by atoms with Crippen LogP contribution in [0.25, 0.3) is 11.8 Å². The van der Waals surface area contributed by atoms with Gasteiger partial charge in [0.15, 0.2) is 0 Å². The molecule has 0 unspecified atom stereocenters. The largest absolute Gasteiger partial charge is 0.314 e. The zero-order chi connectivity index (χ0) is 19.7. The van der Waals surface area contributed by atoms with Gasteiger partial charge in [0.2, 0.25) is 0 Å². The Morgan fingerprint density at radius 2 is 1.75 bits per heavy atom. The van der Waals surface area contributed by atoms with Crippen molar-refractivity contribution >= 4 is 40.6 Å². The Morgan fingerprint density at radius 1 is 1.00 bits per heavy atom. The van der Waals surface area contributed by atoms with E-state index in [0.29, 0.717) is 21.3 Å². The summed E-state index contributed by atoms with van der Waals surface area (Å²) in [5.74, 6) is -0.740. The van der Waals surface area contributed by atoms with Gasteiger partial charge in [-0.3, -0.25) is 14.5 Å². The number of para-hydroxylation sites is 1. The molecular formula is C21H14ClFN2O2S. The molecule has 2 amide bonds. The Balaban J connectivity index is 1.61. The maximum atomic E-state index is 14.1. The van der Waals surface area contributed by atoms with Gasteiger partial charge in [-0.2, -0.15) is 0 Å². The van der Waals surface area contributed by atoms with Crippen LogP contribution in [0.3, 0.4) is 0 Å². The summed E-state index contributed by atoms with van der Waals surface area (Å²) in [6, 6.07) is 16.9. The van der Waals surface area contributed by atoms with Gasteiger partial charge in [-0.15, -0.1) is 0 Å². The molecule has 140 valence electrons. The summed E-state index contributed by atoms with van der Waals surface area (Å²) >= 11 is 6.75. The van der Waals surface area contributed by atoms with Gasteiger partial charge in [0.1, 0.15) is 5.82 Å². The summed E-state index contributed by atoms with van der Waals surface area (Å²) in [7, 11) is 0. The van der Waals surface area contributed by atoms with Crippen molar-refractivity contribution in [2.45, 2.75) is 6.54 Å². The van der Waals surface area contributed by atoms with Gasteiger partial charge in [-0.25, -0.2) is 4.39 Å². The number of nitrogens with zero attached hydrogens (tertiary/aromatic N) is 2. The van der Waals surface area contributed by atoms with Crippen LogP contribution in [-0.4, -0.2) is 20.6 Å². The van der Waals surface area contributed by atoms with Crippen LogP contribution >= 0.6 is 23.4 Å². The number of aromatic nitrogens is 1. The van der Waals surface area contributed by atoms with Gasteiger partial charge >= 0.3 is 0 Å². The summed E-state index contributed by atoms with van der Waals surface area (Å²) in [5.41, 5.74) is 1.80. The molecular weight excluding hydrogens is 399 g/mol. The molecule has 2 aromatic carbocycles. The van der Waals surface area contributed by atoms with Crippen LogP contribution in [-0.2, 0) is 11.3 Å². The van der Waals surface area contributed by atoms with E-state index in [-0.39, 0.29) is 23.5 Å². The number of thioether (sulfide) groups is 1. The molecule has 4 nitrogen and oxygen atoms in total. The fraction of sp³-hybridized carbons (Fsp3) is 0.0476. The molecule has 7 heteroatoms. The van der Waals surface area contributed by atoms with E-state index in [4.69, 9.17) is 11.6 Å². The Kier molecular flexibility index (Phi) is 5.07. The van der Waals surface area contributed by atoms with E-state index in [1.54, 1.807) is 71.4 Å². The summed E-state index contributed by atoms with van der Waals surface area (Å²) in [6.45, 7) is 0.174. The fourth-order valence-electron chi connectivity index (χ4n) is 2.92. The van der Waals surface area contributed by atoms with Crippen molar-refractivity contribution in [3.8, 4) is 5.69 Å². The third kappa shape index (κ3) is 3.61. The molecule has 0 aliphatic carbocycles. The van der Waals surface area contributed by atoms with E-state index in [1.165, 1.54) is 11.0 Å². The minimum Gasteiger partial charge on any atom is -0.314 e. The quantitative estimate of drug-likeness (QED) is 0.531. The Hall–Kier alpha value is -2.83. The first-order chi connectivity index (χ1) is 13.5. The second-order valence-electron chi connectivity index (χ2n) is 6.15. The molecule has 0 N–H and O–H groups in total. The second-order valence-corrected chi connectivity index (χ2v) is 7.58. The van der Waals surface area contributed by atoms with E-state index in [9.17, 15) is 14.0 Å². The number of rotatable bonds is 4. The first-order valence-corrected chi connectivity index (χ1v) is 9.64. The van der Waals surface area contributed by atoms with Crippen LogP contribution in [0.5, 0.6) is 0 Å². The molecule has 2 heterocycles. The summed E-state index contributed by atoms with van der Waals surface area (Å²) in [4.78, 5) is 26.6. The van der Waals surface area contributed by atoms with Gasteiger partial charge in [-0.05, 0) is 59.8 Å². The average molecular weight is 413 g/mol. The maximum Gasteiger partial charge on any atom is 0.293 e. The van der Waals surface area contributed by atoms with Crippen LogP contribution in [0.15, 0.2) is 71.8 Å². The Labute approximate surface area is 170 Å². The minimum absolute atomic E-state index is 0.174. The standard InChI is InChI=1S/C21H14ClFN2O2S/c22-15-9-7-14(8-10-15)13-25-20(26)19(28-21(25)27)12-16-4-3-11-24(16)18-6-2-1-5-17(18)23/h1-12H,13H2/b19-12+. The van der Waals surface area contributed by atoms with Crippen LogP contribution in [0.2, 0.25) is 5.02 Å². The van der Waals surface area contributed by atoms with E-state index in [2.05, 4.69) is 0 Å². The second kappa shape index (κ2) is 7.66. The molecule has 1 aliphatic rings. The monoisotopic (exact) mass is 412 g/mol. The van der Waals surface area contributed by atoms with Gasteiger partial charge < -0.3 is 4.57 Å². The number of benzene rings is 2. The van der Waals surface area contributed by atoms with E-state index in [1.807, 2.05) is 0 Å². The van der Waals surface area contributed by atoms with E-state index >= 15 is 0 Å². The van der Waals surface area contributed by atoms with Crippen LogP contribution in [0.4, 0.5) is 9.18 Å². The lowest BCUT2D eigenvalue weighted by atomic mass is 10.2. The number of halogens is 2. The third-order valence-corrected chi connectivity index (χ3v) is 5.46. The zero-order valence-electron chi connectivity index (χ0n) is 14.5. The van der Waals surface area contributed by atoms with Crippen LogP contribution < -0.4 is 0 Å². The molecule has 1 saturated heterocycles. The predicted octanol–water partition coefficient (Wildman–Crippen LogP) is 5.51. The van der Waals surface area contributed by atoms with Crippen molar-refractivity contribution in [3.05, 3.63) is 93.9 Å². The molecule has 0 radical (unpaired) electrons. The highest BCUT2D eigenvalue weighted by Gasteiger charge is 2.35. The number of hydrogen-bond acceptors (Lipinski definition) is 3. The Bertz CT molecular complexity index is 1090. The number of imide groups is 1. The first kappa shape index (κ1) is 18.5. The normalized spacial score (nSPS) is 15.6. The lowest BCUT2D eigenvalue weighted by molar-refractivity contribution is -0.123.